The van der Waals surface area contributed by atoms with Gasteiger partial charge in [-0.3, -0.25) is 0 Å². The lowest BCUT2D eigenvalue weighted by Gasteiger charge is -2.23. The number of nitrogens with zero attached hydrogens (tertiary/aromatic N) is 1. The van der Waals surface area contributed by atoms with E-state index in [2.05, 4.69) is 31.1 Å². The first-order valence-electron chi connectivity index (χ1n) is 5.70. The molecule has 3 N–H and O–H groups in total. The molecule has 1 unspecified atom stereocenters. The van der Waals surface area contributed by atoms with E-state index in [1.54, 1.807) is 6.20 Å². The second-order valence-corrected chi connectivity index (χ2v) is 4.74. The molecular weight excluding hydrogens is 222 g/mol. The maximum absolute atomic E-state index is 5.95. The van der Waals surface area contributed by atoms with Gasteiger partial charge >= 0.3 is 0 Å². The average Bonchev–Trinajstić information content (AvgIpc) is 2.23. The molecule has 4 heteroatoms. The minimum atomic E-state index is 0.214. The molecule has 0 bridgehead atoms. The number of hydrogen-bond donors (Lipinski definition) is 2. The molecule has 0 aromatic carbocycles. The predicted molar refractivity (Wildman–Crippen MR) is 69.5 cm³/mol. The lowest BCUT2D eigenvalue weighted by molar-refractivity contribution is 0.413. The number of anilines is 1. The van der Waals surface area contributed by atoms with Gasteiger partial charge in [-0.1, -0.05) is 32.4 Å². The molecule has 1 heterocycles. The Morgan fingerprint density at radius 2 is 2.19 bits per heavy atom. The van der Waals surface area contributed by atoms with E-state index in [4.69, 9.17) is 17.3 Å². The van der Waals surface area contributed by atoms with Crippen molar-refractivity contribution in [1.29, 1.82) is 0 Å². The van der Waals surface area contributed by atoms with E-state index < -0.39 is 0 Å². The Kier molecular flexibility index (Phi) is 5.03. The monoisotopic (exact) mass is 241 g/mol. The van der Waals surface area contributed by atoms with E-state index in [-0.39, 0.29) is 6.04 Å². The zero-order valence-corrected chi connectivity index (χ0v) is 10.9. The van der Waals surface area contributed by atoms with Gasteiger partial charge in [-0.05, 0) is 24.9 Å². The van der Waals surface area contributed by atoms with Crippen molar-refractivity contribution in [2.45, 2.75) is 33.2 Å². The summed E-state index contributed by atoms with van der Waals surface area (Å²) in [5.74, 6) is 1.01. The molecule has 0 aliphatic heterocycles. The van der Waals surface area contributed by atoms with Gasteiger partial charge in [0.2, 0.25) is 0 Å². The van der Waals surface area contributed by atoms with E-state index in [0.29, 0.717) is 16.8 Å². The fraction of sp³-hybridized carbons (Fsp3) is 0.583. The quantitative estimate of drug-likeness (QED) is 0.833. The van der Waals surface area contributed by atoms with Gasteiger partial charge in [0.05, 0.1) is 5.02 Å². The van der Waals surface area contributed by atoms with Crippen molar-refractivity contribution in [2.24, 2.45) is 5.92 Å². The van der Waals surface area contributed by atoms with Crippen molar-refractivity contribution in [2.75, 3.05) is 12.3 Å². The van der Waals surface area contributed by atoms with Gasteiger partial charge in [0, 0.05) is 17.8 Å². The van der Waals surface area contributed by atoms with Gasteiger partial charge in [0.25, 0.3) is 0 Å². The van der Waals surface area contributed by atoms with Gasteiger partial charge in [0.1, 0.15) is 5.82 Å². The highest BCUT2D eigenvalue weighted by Gasteiger charge is 2.18. The molecule has 1 aromatic heterocycles. The molecule has 0 saturated carbocycles. The van der Waals surface area contributed by atoms with Gasteiger partial charge in [-0.25, -0.2) is 4.98 Å². The van der Waals surface area contributed by atoms with Crippen molar-refractivity contribution >= 4 is 17.4 Å². The van der Waals surface area contributed by atoms with Gasteiger partial charge in [-0.2, -0.15) is 0 Å². The molecule has 16 heavy (non-hydrogen) atoms. The van der Waals surface area contributed by atoms with Crippen LogP contribution in [-0.2, 0) is 0 Å². The zero-order valence-electron chi connectivity index (χ0n) is 10.1. The first kappa shape index (κ1) is 13.3. The molecule has 0 spiro atoms. The summed E-state index contributed by atoms with van der Waals surface area (Å²) < 4.78 is 0. The Balaban J connectivity index is 2.95. The van der Waals surface area contributed by atoms with E-state index in [1.165, 1.54) is 0 Å². The Morgan fingerprint density at radius 1 is 1.50 bits per heavy atom. The Bertz CT molecular complexity index is 339. The lowest BCUT2D eigenvalue weighted by Crippen LogP contribution is -2.27. The maximum Gasteiger partial charge on any atom is 0.128 e. The summed E-state index contributed by atoms with van der Waals surface area (Å²) >= 11 is 5.95. The standard InChI is InChI=1S/C12H20ClN3/c1-4-5-15-11(8(2)3)10-6-9(13)7-16-12(10)14/h6-8,11,15H,4-5H2,1-3H3,(H2,14,16). The number of hydrogen-bond acceptors (Lipinski definition) is 3. The molecule has 90 valence electrons. The number of aromatic nitrogens is 1. The molecule has 0 saturated heterocycles. The number of halogens is 1. The molecule has 0 fully saturated rings. The minimum absolute atomic E-state index is 0.214. The number of rotatable bonds is 5. The molecule has 3 nitrogen and oxygen atoms in total. The molecule has 1 rings (SSSR count). The van der Waals surface area contributed by atoms with Crippen molar-refractivity contribution < 1.29 is 0 Å². The maximum atomic E-state index is 5.95. The fourth-order valence-electron chi connectivity index (χ4n) is 1.72. The second kappa shape index (κ2) is 6.06. The van der Waals surface area contributed by atoms with Crippen LogP contribution in [0.25, 0.3) is 0 Å². The normalized spacial score (nSPS) is 13.1. The highest BCUT2D eigenvalue weighted by atomic mass is 35.5. The Morgan fingerprint density at radius 3 is 2.75 bits per heavy atom. The third kappa shape index (κ3) is 3.35. The lowest BCUT2D eigenvalue weighted by atomic mass is 9.96. The summed E-state index contributed by atoms with van der Waals surface area (Å²) in [6, 6.07) is 2.11. The smallest absolute Gasteiger partial charge is 0.128 e. The van der Waals surface area contributed by atoms with Crippen LogP contribution in [0.15, 0.2) is 12.3 Å². The number of pyridine rings is 1. The van der Waals surface area contributed by atoms with Crippen LogP contribution >= 0.6 is 11.6 Å². The SMILES string of the molecule is CCCNC(c1cc(Cl)cnc1N)C(C)C. The van der Waals surface area contributed by atoms with E-state index in [1.807, 2.05) is 6.07 Å². The van der Waals surface area contributed by atoms with Crippen molar-refractivity contribution in [1.82, 2.24) is 10.3 Å². The predicted octanol–water partition coefficient (Wildman–Crippen LogP) is 3.01. The van der Waals surface area contributed by atoms with E-state index in [9.17, 15) is 0 Å². The van der Waals surface area contributed by atoms with Crippen LogP contribution in [0.2, 0.25) is 5.02 Å². The van der Waals surface area contributed by atoms with Crippen LogP contribution < -0.4 is 11.1 Å². The van der Waals surface area contributed by atoms with Crippen LogP contribution in [0.4, 0.5) is 5.82 Å². The largest absolute Gasteiger partial charge is 0.383 e. The molecule has 1 atom stereocenters. The molecule has 0 radical (unpaired) electrons. The fourth-order valence-corrected chi connectivity index (χ4v) is 1.89. The molecule has 1 aromatic rings. The first-order chi connectivity index (χ1) is 7.56. The minimum Gasteiger partial charge on any atom is -0.383 e. The van der Waals surface area contributed by atoms with E-state index >= 15 is 0 Å². The summed E-state index contributed by atoms with van der Waals surface area (Å²) in [5, 5.41) is 4.11. The Hall–Kier alpha value is -0.800. The molecule has 0 aliphatic carbocycles. The summed E-state index contributed by atoms with van der Waals surface area (Å²) in [4.78, 5) is 4.10. The van der Waals surface area contributed by atoms with Gasteiger partial charge < -0.3 is 11.1 Å². The third-order valence-corrected chi connectivity index (χ3v) is 2.74. The number of nitrogens with one attached hydrogen (secondary N) is 1. The molecular formula is C12H20ClN3. The van der Waals surface area contributed by atoms with E-state index in [0.717, 1.165) is 18.5 Å². The summed E-state index contributed by atoms with van der Waals surface area (Å²) in [6.45, 7) is 7.43. The molecule has 0 amide bonds. The van der Waals surface area contributed by atoms with Gasteiger partial charge in [-0.15, -0.1) is 0 Å². The number of nitrogen functional groups attached to an aromatic ring is 1. The van der Waals surface area contributed by atoms with Crippen molar-refractivity contribution in [3.8, 4) is 0 Å². The average molecular weight is 242 g/mol. The summed E-state index contributed by atoms with van der Waals surface area (Å²) in [5.41, 5.74) is 6.89. The second-order valence-electron chi connectivity index (χ2n) is 4.30. The van der Waals surface area contributed by atoms with Crippen LogP contribution in [0.5, 0.6) is 0 Å². The topological polar surface area (TPSA) is 50.9 Å². The van der Waals surface area contributed by atoms with Crippen LogP contribution in [0.1, 0.15) is 38.8 Å². The third-order valence-electron chi connectivity index (χ3n) is 2.53. The van der Waals surface area contributed by atoms with Crippen LogP contribution in [0.3, 0.4) is 0 Å². The van der Waals surface area contributed by atoms with Crippen LogP contribution in [0, 0.1) is 5.92 Å². The highest BCUT2D eigenvalue weighted by molar-refractivity contribution is 6.30. The van der Waals surface area contributed by atoms with Gasteiger partial charge in [0.15, 0.2) is 0 Å². The Labute approximate surface area is 102 Å². The van der Waals surface area contributed by atoms with Crippen molar-refractivity contribution in [3.05, 3.63) is 22.8 Å². The first-order valence-corrected chi connectivity index (χ1v) is 6.08. The summed E-state index contributed by atoms with van der Waals surface area (Å²) in [6.07, 6.45) is 2.68. The highest BCUT2D eigenvalue weighted by Crippen LogP contribution is 2.27. The zero-order chi connectivity index (χ0) is 12.1. The molecule has 0 aliphatic rings. The van der Waals surface area contributed by atoms with Crippen LogP contribution in [-0.4, -0.2) is 11.5 Å². The number of nitrogens with two attached hydrogens (primary N) is 1. The van der Waals surface area contributed by atoms with Crippen molar-refractivity contribution in [3.63, 3.8) is 0 Å². The summed E-state index contributed by atoms with van der Waals surface area (Å²) in [7, 11) is 0.